The Morgan fingerprint density at radius 2 is 1.35 bits per heavy atom. The highest BCUT2D eigenvalue weighted by Crippen LogP contribution is 2.40. The number of rotatable bonds is 2. The topological polar surface area (TPSA) is 12.5 Å². The molecule has 2 aromatic rings. The third kappa shape index (κ3) is 2.73. The molecule has 1 saturated heterocycles. The van der Waals surface area contributed by atoms with Gasteiger partial charge in [-0.1, -0.05) is 60.7 Å². The maximum atomic E-state index is 6.28. The van der Waals surface area contributed by atoms with Crippen molar-refractivity contribution in [2.45, 2.75) is 25.3 Å². The highest BCUT2D eigenvalue weighted by molar-refractivity contribution is 5.85. The summed E-state index contributed by atoms with van der Waals surface area (Å²) in [5.41, 5.74) is 2.47. The molecule has 1 fully saturated rings. The molecule has 0 radical (unpaired) electrons. The molecule has 0 N–H and O–H groups in total. The van der Waals surface area contributed by atoms with Crippen molar-refractivity contribution in [3.8, 4) is 0 Å². The quantitative estimate of drug-likeness (QED) is 0.821. The van der Waals surface area contributed by atoms with Gasteiger partial charge in [-0.2, -0.15) is 0 Å². The zero-order valence-corrected chi connectivity index (χ0v) is 12.6. The van der Waals surface area contributed by atoms with Gasteiger partial charge in [-0.05, 0) is 25.1 Å². The molecular weight excluding hydrogens is 270 g/mol. The van der Waals surface area contributed by atoms with Crippen LogP contribution in [-0.2, 0) is 4.74 Å². The van der Waals surface area contributed by atoms with Crippen LogP contribution in [0, 0.1) is 0 Å². The minimum atomic E-state index is 0. The first-order valence-corrected chi connectivity index (χ1v) is 6.74. The molecule has 0 aliphatic carbocycles. The zero-order chi connectivity index (χ0) is 13.2. The average Bonchev–Trinajstić information content (AvgIpc) is 2.77. The molecule has 1 heterocycles. The molecule has 3 atom stereocenters. The van der Waals surface area contributed by atoms with Gasteiger partial charge in [-0.15, -0.1) is 12.4 Å². The standard InChI is InChI=1S/C17H19NO.ClH/c1-13-16(14-9-5-3-6-10-14)19-17(18(13)2)15-11-7-4-8-12-15;/h3-13,16-17H,1-2H3;1H. The summed E-state index contributed by atoms with van der Waals surface area (Å²) in [6.07, 6.45) is 0.179. The number of nitrogens with zero attached hydrogens (tertiary/aromatic N) is 1. The van der Waals surface area contributed by atoms with Crippen LogP contribution in [0.5, 0.6) is 0 Å². The number of ether oxygens (including phenoxy) is 1. The molecule has 106 valence electrons. The van der Waals surface area contributed by atoms with E-state index in [1.54, 1.807) is 0 Å². The van der Waals surface area contributed by atoms with Gasteiger partial charge in [0.2, 0.25) is 0 Å². The van der Waals surface area contributed by atoms with Crippen molar-refractivity contribution >= 4 is 12.4 Å². The summed E-state index contributed by atoms with van der Waals surface area (Å²) >= 11 is 0. The lowest BCUT2D eigenvalue weighted by Crippen LogP contribution is -2.27. The Kier molecular flexibility index (Phi) is 4.81. The van der Waals surface area contributed by atoms with Gasteiger partial charge in [0.05, 0.1) is 0 Å². The molecular formula is C17H20ClNO. The van der Waals surface area contributed by atoms with Gasteiger partial charge in [0.1, 0.15) is 12.3 Å². The molecule has 3 heteroatoms. The first kappa shape index (κ1) is 15.0. The van der Waals surface area contributed by atoms with Crippen LogP contribution >= 0.6 is 12.4 Å². The predicted molar refractivity (Wildman–Crippen MR) is 83.9 cm³/mol. The summed E-state index contributed by atoms with van der Waals surface area (Å²) in [6.45, 7) is 2.22. The molecule has 2 aromatic carbocycles. The second-order valence-corrected chi connectivity index (χ2v) is 5.14. The minimum absolute atomic E-state index is 0. The van der Waals surface area contributed by atoms with Crippen molar-refractivity contribution in [1.29, 1.82) is 0 Å². The van der Waals surface area contributed by atoms with Crippen molar-refractivity contribution < 1.29 is 4.74 Å². The van der Waals surface area contributed by atoms with Gasteiger partial charge < -0.3 is 4.74 Å². The molecule has 3 unspecified atom stereocenters. The third-order valence-electron chi connectivity index (χ3n) is 3.94. The zero-order valence-electron chi connectivity index (χ0n) is 11.8. The fourth-order valence-corrected chi connectivity index (χ4v) is 2.71. The molecule has 1 aliphatic heterocycles. The monoisotopic (exact) mass is 289 g/mol. The van der Waals surface area contributed by atoms with Gasteiger partial charge in [-0.25, -0.2) is 0 Å². The fraction of sp³-hybridized carbons (Fsp3) is 0.294. The summed E-state index contributed by atoms with van der Waals surface area (Å²) in [7, 11) is 2.13. The van der Waals surface area contributed by atoms with E-state index in [9.17, 15) is 0 Å². The highest BCUT2D eigenvalue weighted by Gasteiger charge is 2.38. The van der Waals surface area contributed by atoms with Crippen molar-refractivity contribution in [2.24, 2.45) is 0 Å². The van der Waals surface area contributed by atoms with E-state index in [1.807, 2.05) is 12.1 Å². The Bertz CT molecular complexity index is 482. The number of benzene rings is 2. The Morgan fingerprint density at radius 1 is 0.850 bits per heavy atom. The van der Waals surface area contributed by atoms with E-state index in [0.29, 0.717) is 6.04 Å². The van der Waals surface area contributed by atoms with Crippen LogP contribution in [0.2, 0.25) is 0 Å². The summed E-state index contributed by atoms with van der Waals surface area (Å²) in [5, 5.41) is 0. The maximum absolute atomic E-state index is 6.28. The van der Waals surface area contributed by atoms with Crippen LogP contribution in [0.3, 0.4) is 0 Å². The lowest BCUT2D eigenvalue weighted by atomic mass is 10.0. The Balaban J connectivity index is 0.00000147. The van der Waals surface area contributed by atoms with E-state index in [1.165, 1.54) is 11.1 Å². The van der Waals surface area contributed by atoms with Crippen LogP contribution in [0.4, 0.5) is 0 Å². The largest absolute Gasteiger partial charge is 0.349 e. The molecule has 3 rings (SSSR count). The van der Waals surface area contributed by atoms with Gasteiger partial charge in [0.15, 0.2) is 0 Å². The first-order valence-electron chi connectivity index (χ1n) is 6.74. The lowest BCUT2D eigenvalue weighted by Gasteiger charge is -2.21. The van der Waals surface area contributed by atoms with Crippen LogP contribution < -0.4 is 0 Å². The average molecular weight is 290 g/mol. The SMILES string of the molecule is CC1C(c2ccccc2)OC(c2ccccc2)N1C.Cl. The molecule has 0 spiro atoms. The van der Waals surface area contributed by atoms with E-state index in [-0.39, 0.29) is 24.7 Å². The van der Waals surface area contributed by atoms with Crippen molar-refractivity contribution in [3.05, 3.63) is 71.8 Å². The molecule has 2 nitrogen and oxygen atoms in total. The molecule has 0 amide bonds. The van der Waals surface area contributed by atoms with Crippen LogP contribution in [-0.4, -0.2) is 18.0 Å². The van der Waals surface area contributed by atoms with Crippen LogP contribution in [0.1, 0.15) is 30.4 Å². The second kappa shape index (κ2) is 6.40. The minimum Gasteiger partial charge on any atom is -0.349 e. The third-order valence-corrected chi connectivity index (χ3v) is 3.94. The second-order valence-electron chi connectivity index (χ2n) is 5.14. The first-order chi connectivity index (χ1) is 9.27. The Morgan fingerprint density at radius 3 is 1.90 bits per heavy atom. The van der Waals surface area contributed by atoms with E-state index >= 15 is 0 Å². The van der Waals surface area contributed by atoms with E-state index in [0.717, 1.165) is 0 Å². The van der Waals surface area contributed by atoms with Gasteiger partial charge in [0, 0.05) is 6.04 Å². The van der Waals surface area contributed by atoms with E-state index < -0.39 is 0 Å². The molecule has 0 saturated carbocycles. The molecule has 0 bridgehead atoms. The van der Waals surface area contributed by atoms with Crippen molar-refractivity contribution in [3.63, 3.8) is 0 Å². The van der Waals surface area contributed by atoms with E-state index in [4.69, 9.17) is 4.74 Å². The highest BCUT2D eigenvalue weighted by atomic mass is 35.5. The summed E-state index contributed by atoms with van der Waals surface area (Å²) in [5.74, 6) is 0. The molecule has 20 heavy (non-hydrogen) atoms. The summed E-state index contributed by atoms with van der Waals surface area (Å²) in [4.78, 5) is 2.30. The molecule has 1 aliphatic rings. The predicted octanol–water partition coefficient (Wildman–Crippen LogP) is 4.20. The van der Waals surface area contributed by atoms with Crippen molar-refractivity contribution in [2.75, 3.05) is 7.05 Å². The maximum Gasteiger partial charge on any atom is 0.137 e. The summed E-state index contributed by atoms with van der Waals surface area (Å²) in [6, 6.07) is 21.3. The molecule has 0 aromatic heterocycles. The van der Waals surface area contributed by atoms with Crippen LogP contribution in [0.15, 0.2) is 60.7 Å². The normalized spacial score (nSPS) is 26.2. The number of halogens is 1. The van der Waals surface area contributed by atoms with Gasteiger partial charge in [0.25, 0.3) is 0 Å². The van der Waals surface area contributed by atoms with Gasteiger partial charge >= 0.3 is 0 Å². The fourth-order valence-electron chi connectivity index (χ4n) is 2.71. The number of hydrogen-bond donors (Lipinski definition) is 0. The van der Waals surface area contributed by atoms with Gasteiger partial charge in [-0.3, -0.25) is 4.90 Å². The van der Waals surface area contributed by atoms with E-state index in [2.05, 4.69) is 67.4 Å². The number of hydrogen-bond acceptors (Lipinski definition) is 2. The Hall–Kier alpha value is -1.35. The van der Waals surface area contributed by atoms with Crippen LogP contribution in [0.25, 0.3) is 0 Å². The lowest BCUT2D eigenvalue weighted by molar-refractivity contribution is 0.00560. The summed E-state index contributed by atoms with van der Waals surface area (Å²) < 4.78 is 6.28. The Labute approximate surface area is 126 Å². The smallest absolute Gasteiger partial charge is 0.137 e. The van der Waals surface area contributed by atoms with Crippen molar-refractivity contribution in [1.82, 2.24) is 4.90 Å². The number of likely N-dealkylation sites (N-methyl/N-ethyl adjacent to an activating group) is 1.